The van der Waals surface area contributed by atoms with Crippen molar-refractivity contribution in [2.45, 2.75) is 25.2 Å². The molecule has 2 aliphatic rings. The summed E-state index contributed by atoms with van der Waals surface area (Å²) in [6.07, 6.45) is 4.03. The molecule has 0 aromatic heterocycles. The van der Waals surface area contributed by atoms with Crippen molar-refractivity contribution in [3.05, 3.63) is 35.4 Å². The Labute approximate surface area is 85.5 Å². The normalized spacial score (nSPS) is 30.6. The molecule has 1 fully saturated rings. The molecule has 1 heterocycles. The standard InChI is InChI=1S/C13H17N/c1-2-4-13-11(3-1)7-10-8-12(13)5-6-14-9-10/h1-4,10,12,14H,5-9H2/t10?,12-/m1/s1. The van der Waals surface area contributed by atoms with Crippen LogP contribution in [0.15, 0.2) is 24.3 Å². The number of rotatable bonds is 0. The van der Waals surface area contributed by atoms with Crippen LogP contribution in [0, 0.1) is 5.92 Å². The summed E-state index contributed by atoms with van der Waals surface area (Å²) >= 11 is 0. The molecule has 0 radical (unpaired) electrons. The highest BCUT2D eigenvalue weighted by Crippen LogP contribution is 2.37. The highest BCUT2D eigenvalue weighted by Gasteiger charge is 2.27. The second kappa shape index (κ2) is 3.39. The van der Waals surface area contributed by atoms with Crippen LogP contribution in [0.3, 0.4) is 0 Å². The average Bonchev–Trinajstić information content (AvgIpc) is 2.41. The smallest absolute Gasteiger partial charge is 0.00171 e. The lowest BCUT2D eigenvalue weighted by molar-refractivity contribution is 0.422. The van der Waals surface area contributed by atoms with E-state index in [1.165, 1.54) is 32.4 Å². The zero-order valence-electron chi connectivity index (χ0n) is 8.50. The molecule has 2 atom stereocenters. The van der Waals surface area contributed by atoms with E-state index in [0.29, 0.717) is 0 Å². The lowest BCUT2D eigenvalue weighted by atomic mass is 9.76. The first kappa shape index (κ1) is 8.49. The summed E-state index contributed by atoms with van der Waals surface area (Å²) < 4.78 is 0. The minimum absolute atomic E-state index is 0.833. The Kier molecular flexibility index (Phi) is 2.06. The summed E-state index contributed by atoms with van der Waals surface area (Å²) in [5.74, 6) is 1.72. The fourth-order valence-electron chi connectivity index (χ4n) is 3.05. The van der Waals surface area contributed by atoms with Gasteiger partial charge in [0.2, 0.25) is 0 Å². The van der Waals surface area contributed by atoms with Gasteiger partial charge in [-0.2, -0.15) is 0 Å². The maximum absolute atomic E-state index is 3.55. The van der Waals surface area contributed by atoms with Crippen molar-refractivity contribution in [1.82, 2.24) is 5.32 Å². The Hall–Kier alpha value is -0.820. The molecule has 1 saturated heterocycles. The van der Waals surface area contributed by atoms with Crippen LogP contribution in [0.25, 0.3) is 0 Å². The van der Waals surface area contributed by atoms with Gasteiger partial charge in [0.15, 0.2) is 0 Å². The number of fused-ring (bicyclic) bond motifs is 4. The van der Waals surface area contributed by atoms with Gasteiger partial charge < -0.3 is 5.32 Å². The van der Waals surface area contributed by atoms with E-state index < -0.39 is 0 Å². The van der Waals surface area contributed by atoms with Crippen LogP contribution < -0.4 is 5.32 Å². The minimum Gasteiger partial charge on any atom is -0.316 e. The molecule has 0 saturated carbocycles. The zero-order chi connectivity index (χ0) is 9.38. The fraction of sp³-hybridized carbons (Fsp3) is 0.538. The lowest BCUT2D eigenvalue weighted by Crippen LogP contribution is -2.23. The number of hydrogen-bond donors (Lipinski definition) is 1. The topological polar surface area (TPSA) is 12.0 Å². The third kappa shape index (κ3) is 1.36. The van der Waals surface area contributed by atoms with Gasteiger partial charge in [-0.1, -0.05) is 24.3 Å². The summed E-state index contributed by atoms with van der Waals surface area (Å²) in [6, 6.07) is 9.03. The van der Waals surface area contributed by atoms with Gasteiger partial charge in [0.25, 0.3) is 0 Å². The van der Waals surface area contributed by atoms with Crippen LogP contribution in [0.1, 0.15) is 29.9 Å². The molecule has 14 heavy (non-hydrogen) atoms. The maximum atomic E-state index is 3.55. The van der Waals surface area contributed by atoms with Crippen molar-refractivity contribution in [2.24, 2.45) is 5.92 Å². The van der Waals surface area contributed by atoms with Crippen LogP contribution in [0.2, 0.25) is 0 Å². The summed E-state index contributed by atoms with van der Waals surface area (Å²) in [6.45, 7) is 2.43. The second-order valence-corrected chi connectivity index (χ2v) is 4.69. The fourth-order valence-corrected chi connectivity index (χ4v) is 3.05. The van der Waals surface area contributed by atoms with E-state index in [0.717, 1.165) is 11.8 Å². The summed E-state index contributed by atoms with van der Waals surface area (Å²) in [7, 11) is 0. The summed E-state index contributed by atoms with van der Waals surface area (Å²) in [5, 5.41) is 3.55. The van der Waals surface area contributed by atoms with E-state index in [1.807, 2.05) is 0 Å². The molecule has 1 unspecified atom stereocenters. The zero-order valence-corrected chi connectivity index (χ0v) is 8.50. The van der Waals surface area contributed by atoms with Gasteiger partial charge in [0.1, 0.15) is 0 Å². The Balaban J connectivity index is 2.01. The number of hydrogen-bond acceptors (Lipinski definition) is 1. The first-order valence-corrected chi connectivity index (χ1v) is 5.72. The Morgan fingerprint density at radius 1 is 1.21 bits per heavy atom. The summed E-state index contributed by atoms with van der Waals surface area (Å²) in [5.41, 5.74) is 3.24. The van der Waals surface area contributed by atoms with Gasteiger partial charge in [-0.15, -0.1) is 0 Å². The van der Waals surface area contributed by atoms with Crippen LogP contribution in [-0.4, -0.2) is 13.1 Å². The maximum Gasteiger partial charge on any atom is -0.00171 e. The molecule has 1 nitrogen and oxygen atoms in total. The quantitative estimate of drug-likeness (QED) is 0.657. The Bertz CT molecular complexity index is 332. The van der Waals surface area contributed by atoms with Crippen molar-refractivity contribution < 1.29 is 0 Å². The monoisotopic (exact) mass is 187 g/mol. The minimum atomic E-state index is 0.833. The molecule has 1 aromatic carbocycles. The SMILES string of the molecule is c1ccc2c(c1)CC1CNCC[C@@H]2C1. The van der Waals surface area contributed by atoms with Crippen LogP contribution in [-0.2, 0) is 6.42 Å². The molecule has 0 spiro atoms. The largest absolute Gasteiger partial charge is 0.316 e. The van der Waals surface area contributed by atoms with Gasteiger partial charge in [0, 0.05) is 0 Å². The van der Waals surface area contributed by atoms with Gasteiger partial charge in [-0.25, -0.2) is 0 Å². The van der Waals surface area contributed by atoms with Gasteiger partial charge in [-0.05, 0) is 55.3 Å². The molecule has 2 bridgehead atoms. The van der Waals surface area contributed by atoms with E-state index in [-0.39, 0.29) is 0 Å². The molecule has 0 amide bonds. The molecule has 1 aliphatic carbocycles. The van der Waals surface area contributed by atoms with Crippen molar-refractivity contribution in [3.63, 3.8) is 0 Å². The predicted octanol–water partition coefficient (Wildman–Crippen LogP) is 2.33. The first-order valence-electron chi connectivity index (χ1n) is 5.72. The van der Waals surface area contributed by atoms with Crippen LogP contribution in [0.5, 0.6) is 0 Å². The van der Waals surface area contributed by atoms with E-state index >= 15 is 0 Å². The van der Waals surface area contributed by atoms with Crippen molar-refractivity contribution >= 4 is 0 Å². The van der Waals surface area contributed by atoms with E-state index in [1.54, 1.807) is 11.1 Å². The van der Waals surface area contributed by atoms with Crippen LogP contribution >= 0.6 is 0 Å². The Morgan fingerprint density at radius 3 is 3.14 bits per heavy atom. The highest BCUT2D eigenvalue weighted by molar-refractivity contribution is 5.33. The van der Waals surface area contributed by atoms with Gasteiger partial charge in [0.05, 0.1) is 0 Å². The van der Waals surface area contributed by atoms with Crippen molar-refractivity contribution in [3.8, 4) is 0 Å². The van der Waals surface area contributed by atoms with Crippen molar-refractivity contribution in [1.29, 1.82) is 0 Å². The van der Waals surface area contributed by atoms with Gasteiger partial charge in [-0.3, -0.25) is 0 Å². The Morgan fingerprint density at radius 2 is 2.14 bits per heavy atom. The highest BCUT2D eigenvalue weighted by atomic mass is 14.9. The molecular weight excluding hydrogens is 170 g/mol. The first-order chi connectivity index (χ1) is 6.93. The number of nitrogens with one attached hydrogen (secondary N) is 1. The second-order valence-electron chi connectivity index (χ2n) is 4.69. The predicted molar refractivity (Wildman–Crippen MR) is 58.5 cm³/mol. The lowest BCUT2D eigenvalue weighted by Gasteiger charge is -2.28. The summed E-state index contributed by atoms with van der Waals surface area (Å²) in [4.78, 5) is 0. The van der Waals surface area contributed by atoms with Crippen molar-refractivity contribution in [2.75, 3.05) is 13.1 Å². The van der Waals surface area contributed by atoms with E-state index in [9.17, 15) is 0 Å². The molecule has 74 valence electrons. The van der Waals surface area contributed by atoms with Crippen LogP contribution in [0.4, 0.5) is 0 Å². The molecule has 1 aliphatic heterocycles. The van der Waals surface area contributed by atoms with Gasteiger partial charge >= 0.3 is 0 Å². The third-order valence-corrected chi connectivity index (χ3v) is 3.72. The number of benzene rings is 1. The van der Waals surface area contributed by atoms with E-state index in [4.69, 9.17) is 0 Å². The molecule has 3 rings (SSSR count). The molecule has 1 aromatic rings. The van der Waals surface area contributed by atoms with E-state index in [2.05, 4.69) is 29.6 Å². The average molecular weight is 187 g/mol. The molecule has 1 N–H and O–H groups in total. The third-order valence-electron chi connectivity index (χ3n) is 3.72. The molecule has 1 heteroatoms. The molecular formula is C13H17N.